The lowest BCUT2D eigenvalue weighted by atomic mass is 10.1. The average Bonchev–Trinajstić information content (AvgIpc) is 3.37. The summed E-state index contributed by atoms with van der Waals surface area (Å²) in [6, 6.07) is 11.5. The van der Waals surface area contributed by atoms with Gasteiger partial charge in [0.25, 0.3) is 5.91 Å². The standard InChI is InChI=1S/C22H17ClFN7O/c23-14-5-12-7-15(8-26-22(32)16-3-1-2-4-17(16)24)30-18(12)13(6-14)9-31-11-29-19-20(25)27-10-28-21(19)31/h1-7,10-11,30H,8-9H2,(H,26,32)(H2,25,27,28). The summed E-state index contributed by atoms with van der Waals surface area (Å²) < 4.78 is 15.7. The summed E-state index contributed by atoms with van der Waals surface area (Å²) in [5.74, 6) is -0.729. The van der Waals surface area contributed by atoms with Crippen LogP contribution >= 0.6 is 11.6 Å². The summed E-state index contributed by atoms with van der Waals surface area (Å²) in [5.41, 5.74) is 9.58. The zero-order chi connectivity index (χ0) is 22.2. The number of H-pyrrole nitrogens is 1. The normalized spacial score (nSPS) is 11.3. The van der Waals surface area contributed by atoms with Crippen LogP contribution in [0.4, 0.5) is 10.2 Å². The summed E-state index contributed by atoms with van der Waals surface area (Å²) in [4.78, 5) is 28.2. The summed E-state index contributed by atoms with van der Waals surface area (Å²) >= 11 is 6.35. The number of nitrogens with zero attached hydrogens (tertiary/aromatic N) is 4. The molecule has 0 radical (unpaired) electrons. The minimum absolute atomic E-state index is 0.000549. The Balaban J connectivity index is 1.43. The number of hydrogen-bond acceptors (Lipinski definition) is 5. The van der Waals surface area contributed by atoms with Crippen molar-refractivity contribution in [2.24, 2.45) is 0 Å². The highest BCUT2D eigenvalue weighted by Gasteiger charge is 2.14. The van der Waals surface area contributed by atoms with Gasteiger partial charge >= 0.3 is 0 Å². The Kier molecular flexibility index (Phi) is 4.95. The molecular weight excluding hydrogens is 433 g/mol. The summed E-state index contributed by atoms with van der Waals surface area (Å²) in [7, 11) is 0. The first kappa shape index (κ1) is 20.0. The maximum absolute atomic E-state index is 13.8. The second-order valence-electron chi connectivity index (χ2n) is 7.29. The Hall–Kier alpha value is -3.98. The van der Waals surface area contributed by atoms with Crippen LogP contribution in [0.25, 0.3) is 22.1 Å². The molecule has 5 rings (SSSR count). The van der Waals surface area contributed by atoms with E-state index in [0.29, 0.717) is 28.5 Å². The number of rotatable bonds is 5. The number of benzene rings is 2. The topological polar surface area (TPSA) is 115 Å². The number of nitrogen functional groups attached to an aromatic ring is 1. The van der Waals surface area contributed by atoms with Crippen LogP contribution in [-0.4, -0.2) is 30.4 Å². The summed E-state index contributed by atoms with van der Waals surface area (Å²) in [5, 5.41) is 4.20. The Morgan fingerprint density at radius 2 is 2.03 bits per heavy atom. The van der Waals surface area contributed by atoms with Crippen molar-refractivity contribution in [2.45, 2.75) is 13.1 Å². The molecule has 3 aromatic heterocycles. The smallest absolute Gasteiger partial charge is 0.254 e. The molecule has 8 nitrogen and oxygen atoms in total. The molecule has 0 aliphatic carbocycles. The first-order chi connectivity index (χ1) is 15.5. The minimum Gasteiger partial charge on any atom is -0.382 e. The number of halogens is 2. The van der Waals surface area contributed by atoms with E-state index in [2.05, 4.69) is 25.3 Å². The SMILES string of the molecule is Nc1ncnc2c1ncn2Cc1cc(Cl)cc2cc(CNC(=O)c3ccccc3F)[nH]c12. The highest BCUT2D eigenvalue weighted by molar-refractivity contribution is 6.31. The van der Waals surface area contributed by atoms with Crippen LogP contribution in [0.2, 0.25) is 5.02 Å². The van der Waals surface area contributed by atoms with Crippen molar-refractivity contribution in [1.82, 2.24) is 29.8 Å². The van der Waals surface area contributed by atoms with Crippen LogP contribution in [0.3, 0.4) is 0 Å². The molecule has 0 aliphatic heterocycles. The van der Waals surface area contributed by atoms with Crippen molar-refractivity contribution in [3.63, 3.8) is 0 Å². The molecular formula is C22H17ClFN7O. The van der Waals surface area contributed by atoms with Crippen molar-refractivity contribution >= 4 is 45.4 Å². The predicted molar refractivity (Wildman–Crippen MR) is 120 cm³/mol. The van der Waals surface area contributed by atoms with Crippen LogP contribution in [0, 0.1) is 5.82 Å². The van der Waals surface area contributed by atoms with Gasteiger partial charge in [0.15, 0.2) is 11.5 Å². The lowest BCUT2D eigenvalue weighted by Gasteiger charge is -2.07. The van der Waals surface area contributed by atoms with Crippen molar-refractivity contribution in [3.05, 3.63) is 82.8 Å². The highest BCUT2D eigenvalue weighted by atomic mass is 35.5. The Morgan fingerprint density at radius 3 is 2.88 bits per heavy atom. The molecule has 160 valence electrons. The number of aromatic nitrogens is 5. The fraction of sp³-hybridized carbons (Fsp3) is 0.0909. The van der Waals surface area contributed by atoms with Gasteiger partial charge in [-0.25, -0.2) is 19.3 Å². The van der Waals surface area contributed by atoms with Crippen LogP contribution in [0.5, 0.6) is 0 Å². The van der Waals surface area contributed by atoms with Gasteiger partial charge in [-0.15, -0.1) is 0 Å². The van der Waals surface area contributed by atoms with Crippen molar-refractivity contribution < 1.29 is 9.18 Å². The number of amides is 1. The summed E-state index contributed by atoms with van der Waals surface area (Å²) in [6.07, 6.45) is 3.05. The number of fused-ring (bicyclic) bond motifs is 2. The third kappa shape index (κ3) is 3.63. The molecule has 0 saturated heterocycles. The Labute approximate surface area is 186 Å². The number of aromatic amines is 1. The molecule has 0 saturated carbocycles. The van der Waals surface area contributed by atoms with Gasteiger partial charge in [0.2, 0.25) is 0 Å². The molecule has 0 fully saturated rings. The molecule has 0 spiro atoms. The second-order valence-corrected chi connectivity index (χ2v) is 7.73. The molecule has 1 amide bonds. The zero-order valence-corrected chi connectivity index (χ0v) is 17.4. The monoisotopic (exact) mass is 449 g/mol. The second kappa shape index (κ2) is 7.93. The van der Waals surface area contributed by atoms with E-state index >= 15 is 0 Å². The van der Waals surface area contributed by atoms with Gasteiger partial charge in [-0.2, -0.15) is 0 Å². The van der Waals surface area contributed by atoms with E-state index in [1.54, 1.807) is 18.5 Å². The molecule has 0 atom stereocenters. The molecule has 3 heterocycles. The number of nitrogens with two attached hydrogens (primary N) is 1. The van der Waals surface area contributed by atoms with Crippen LogP contribution in [0.15, 0.2) is 55.1 Å². The van der Waals surface area contributed by atoms with Crippen LogP contribution in [-0.2, 0) is 13.1 Å². The number of carbonyl (C=O) groups is 1. The predicted octanol–water partition coefficient (Wildman–Crippen LogP) is 3.66. The molecule has 32 heavy (non-hydrogen) atoms. The number of carbonyl (C=O) groups excluding carboxylic acids is 1. The Bertz CT molecular complexity index is 1480. The van der Waals surface area contributed by atoms with Gasteiger partial charge in [0, 0.05) is 16.1 Å². The van der Waals surface area contributed by atoms with Crippen molar-refractivity contribution in [1.29, 1.82) is 0 Å². The van der Waals surface area contributed by atoms with Gasteiger partial charge in [-0.05, 0) is 35.9 Å². The number of imidazole rings is 1. The van der Waals surface area contributed by atoms with E-state index in [1.807, 2.05) is 22.8 Å². The van der Waals surface area contributed by atoms with Gasteiger partial charge in [0.1, 0.15) is 17.7 Å². The van der Waals surface area contributed by atoms with E-state index in [0.717, 1.165) is 22.2 Å². The van der Waals surface area contributed by atoms with E-state index in [4.69, 9.17) is 17.3 Å². The minimum atomic E-state index is -0.562. The molecule has 5 aromatic rings. The lowest BCUT2D eigenvalue weighted by Crippen LogP contribution is -2.23. The largest absolute Gasteiger partial charge is 0.382 e. The fourth-order valence-electron chi connectivity index (χ4n) is 3.67. The van der Waals surface area contributed by atoms with Gasteiger partial charge in [-0.3, -0.25) is 4.79 Å². The van der Waals surface area contributed by atoms with E-state index in [-0.39, 0.29) is 12.1 Å². The van der Waals surface area contributed by atoms with E-state index in [9.17, 15) is 9.18 Å². The van der Waals surface area contributed by atoms with Crippen LogP contribution in [0.1, 0.15) is 21.6 Å². The molecule has 4 N–H and O–H groups in total. The average molecular weight is 450 g/mol. The Morgan fingerprint density at radius 1 is 1.19 bits per heavy atom. The molecule has 2 aromatic carbocycles. The quantitative estimate of drug-likeness (QED) is 0.379. The molecule has 10 heteroatoms. The molecule has 0 aliphatic rings. The summed E-state index contributed by atoms with van der Waals surface area (Å²) in [6.45, 7) is 0.655. The van der Waals surface area contributed by atoms with Crippen molar-refractivity contribution in [3.8, 4) is 0 Å². The van der Waals surface area contributed by atoms with E-state index < -0.39 is 11.7 Å². The number of nitrogens with one attached hydrogen (secondary N) is 2. The van der Waals surface area contributed by atoms with Crippen molar-refractivity contribution in [2.75, 3.05) is 5.73 Å². The van der Waals surface area contributed by atoms with Crippen LogP contribution < -0.4 is 11.1 Å². The third-order valence-corrected chi connectivity index (χ3v) is 5.38. The van der Waals surface area contributed by atoms with Gasteiger partial charge in [0.05, 0.1) is 30.5 Å². The first-order valence-electron chi connectivity index (χ1n) is 9.73. The third-order valence-electron chi connectivity index (χ3n) is 5.16. The number of anilines is 1. The van der Waals surface area contributed by atoms with Gasteiger partial charge in [-0.1, -0.05) is 23.7 Å². The first-order valence-corrected chi connectivity index (χ1v) is 10.1. The zero-order valence-electron chi connectivity index (χ0n) is 16.6. The lowest BCUT2D eigenvalue weighted by molar-refractivity contribution is 0.0946. The maximum Gasteiger partial charge on any atom is 0.254 e. The van der Waals surface area contributed by atoms with E-state index in [1.165, 1.54) is 18.5 Å². The highest BCUT2D eigenvalue weighted by Crippen LogP contribution is 2.26. The maximum atomic E-state index is 13.8. The molecule has 0 bridgehead atoms. The fourth-order valence-corrected chi connectivity index (χ4v) is 3.92. The number of hydrogen-bond donors (Lipinski definition) is 3. The molecule has 0 unspecified atom stereocenters. The van der Waals surface area contributed by atoms with Gasteiger partial charge < -0.3 is 20.6 Å².